The van der Waals surface area contributed by atoms with Gasteiger partial charge in [-0.3, -0.25) is 14.9 Å². The summed E-state index contributed by atoms with van der Waals surface area (Å²) >= 11 is 0. The topological polar surface area (TPSA) is 88.2 Å². The highest BCUT2D eigenvalue weighted by molar-refractivity contribution is 6.19. The Hall–Kier alpha value is -4.39. The number of para-hydroxylation sites is 1. The molecule has 0 radical (unpaired) electrons. The molecular weight excluding hydrogens is 380 g/mol. The smallest absolute Gasteiger partial charge is 0.265 e. The zero-order chi connectivity index (χ0) is 20.9. The molecule has 0 fully saturated rings. The predicted molar refractivity (Wildman–Crippen MR) is 115 cm³/mol. The van der Waals surface area contributed by atoms with E-state index in [1.165, 1.54) is 17.2 Å². The molecule has 3 aromatic carbocycles. The van der Waals surface area contributed by atoms with Crippen molar-refractivity contribution in [2.24, 2.45) is 10.1 Å². The maximum absolute atomic E-state index is 13.1. The minimum absolute atomic E-state index is 0.0772. The van der Waals surface area contributed by atoms with Gasteiger partial charge in [0.15, 0.2) is 5.84 Å². The Bertz CT molecular complexity index is 1190. The second-order valence-corrected chi connectivity index (χ2v) is 6.42. The van der Waals surface area contributed by atoms with Crippen LogP contribution in [0.2, 0.25) is 0 Å². The molecule has 30 heavy (non-hydrogen) atoms. The number of rotatable bonds is 5. The number of nitro benzene ring substituents is 1. The van der Waals surface area contributed by atoms with Crippen LogP contribution in [0.5, 0.6) is 0 Å². The minimum atomic E-state index is -0.487. The van der Waals surface area contributed by atoms with Gasteiger partial charge in [0.25, 0.3) is 11.6 Å². The third kappa shape index (κ3) is 3.90. The summed E-state index contributed by atoms with van der Waals surface area (Å²) in [6, 6.07) is 24.8. The standard InChI is InChI=1S/C23H16N4O3/c28-23-20(15-19-13-7-8-14-21(19)27(29)30)25-22(18-11-5-2-6-12-18)26(23)24-16-17-9-3-1-4-10-17/h1-16H/b20-15+,24-16+. The number of carbonyl (C=O) groups is 1. The van der Waals surface area contributed by atoms with Crippen molar-refractivity contribution in [2.45, 2.75) is 0 Å². The lowest BCUT2D eigenvalue weighted by Gasteiger charge is -2.11. The molecule has 1 heterocycles. The molecule has 0 unspecified atom stereocenters. The number of nitro groups is 1. The van der Waals surface area contributed by atoms with Crippen molar-refractivity contribution >= 4 is 29.7 Å². The highest BCUT2D eigenvalue weighted by Gasteiger charge is 2.31. The molecule has 0 aromatic heterocycles. The first-order valence-electron chi connectivity index (χ1n) is 9.16. The summed E-state index contributed by atoms with van der Waals surface area (Å²) in [6.45, 7) is 0. The summed E-state index contributed by atoms with van der Waals surface area (Å²) in [5.74, 6) is -0.100. The fourth-order valence-corrected chi connectivity index (χ4v) is 2.98. The lowest BCUT2D eigenvalue weighted by Crippen LogP contribution is -2.27. The quantitative estimate of drug-likeness (QED) is 0.279. The number of amidine groups is 1. The van der Waals surface area contributed by atoms with Gasteiger partial charge in [0.1, 0.15) is 5.70 Å². The van der Waals surface area contributed by atoms with Crippen LogP contribution in [0.15, 0.2) is 101 Å². The Morgan fingerprint density at radius 1 is 0.900 bits per heavy atom. The van der Waals surface area contributed by atoms with Crippen LogP contribution in [0.1, 0.15) is 16.7 Å². The summed E-state index contributed by atoms with van der Waals surface area (Å²) in [4.78, 5) is 28.3. The van der Waals surface area contributed by atoms with E-state index in [1.54, 1.807) is 24.4 Å². The third-order valence-corrected chi connectivity index (χ3v) is 4.42. The SMILES string of the molecule is O=C1/C(=C\c2ccccc2[N+](=O)[O-])N=C(c2ccccc2)N1/N=C/c1ccccc1. The molecule has 0 N–H and O–H groups in total. The van der Waals surface area contributed by atoms with E-state index in [0.717, 1.165) is 5.56 Å². The molecule has 146 valence electrons. The summed E-state index contributed by atoms with van der Waals surface area (Å²) in [6.07, 6.45) is 2.99. The van der Waals surface area contributed by atoms with E-state index in [1.807, 2.05) is 60.7 Å². The largest absolute Gasteiger partial charge is 0.298 e. The van der Waals surface area contributed by atoms with Gasteiger partial charge in [0.2, 0.25) is 0 Å². The first-order chi connectivity index (χ1) is 14.6. The number of amides is 1. The number of hydrogen-bond donors (Lipinski definition) is 0. The number of benzene rings is 3. The fraction of sp³-hybridized carbons (Fsp3) is 0. The van der Waals surface area contributed by atoms with Crippen LogP contribution in [-0.2, 0) is 4.79 Å². The first kappa shape index (κ1) is 18.9. The van der Waals surface area contributed by atoms with Crippen LogP contribution in [-0.4, -0.2) is 27.9 Å². The monoisotopic (exact) mass is 396 g/mol. The second kappa shape index (κ2) is 8.32. The molecule has 1 amide bonds. The number of hydrazone groups is 1. The highest BCUT2D eigenvalue weighted by Crippen LogP contribution is 2.26. The van der Waals surface area contributed by atoms with Gasteiger partial charge in [-0.15, -0.1) is 0 Å². The Morgan fingerprint density at radius 3 is 2.23 bits per heavy atom. The molecule has 4 rings (SSSR count). The maximum atomic E-state index is 13.1. The van der Waals surface area contributed by atoms with E-state index in [2.05, 4.69) is 10.1 Å². The molecule has 0 saturated heterocycles. The average Bonchev–Trinajstić information content (AvgIpc) is 3.09. The summed E-state index contributed by atoms with van der Waals surface area (Å²) in [7, 11) is 0. The van der Waals surface area contributed by atoms with E-state index >= 15 is 0 Å². The molecule has 0 atom stereocenters. The van der Waals surface area contributed by atoms with E-state index in [4.69, 9.17) is 0 Å². The molecule has 3 aromatic rings. The zero-order valence-electron chi connectivity index (χ0n) is 15.8. The Balaban J connectivity index is 1.77. The molecule has 7 nitrogen and oxygen atoms in total. The van der Waals surface area contributed by atoms with E-state index in [0.29, 0.717) is 17.0 Å². The molecule has 0 bridgehead atoms. The van der Waals surface area contributed by atoms with Gasteiger partial charge >= 0.3 is 0 Å². The second-order valence-electron chi connectivity index (χ2n) is 6.42. The minimum Gasteiger partial charge on any atom is -0.265 e. The lowest BCUT2D eigenvalue weighted by molar-refractivity contribution is -0.385. The van der Waals surface area contributed by atoms with Crippen molar-refractivity contribution < 1.29 is 9.72 Å². The van der Waals surface area contributed by atoms with E-state index < -0.39 is 10.8 Å². The van der Waals surface area contributed by atoms with Crippen molar-refractivity contribution in [2.75, 3.05) is 0 Å². The normalized spacial score (nSPS) is 15.1. The maximum Gasteiger partial charge on any atom is 0.298 e. The highest BCUT2D eigenvalue weighted by atomic mass is 16.6. The molecule has 0 saturated carbocycles. The summed E-state index contributed by atoms with van der Waals surface area (Å²) in [5.41, 5.74) is 1.82. The molecule has 0 aliphatic carbocycles. The molecule has 1 aliphatic heterocycles. The van der Waals surface area contributed by atoms with Gasteiger partial charge in [-0.05, 0) is 17.7 Å². The number of aliphatic imine (C=N–C) groups is 1. The van der Waals surface area contributed by atoms with Crippen LogP contribution in [0.4, 0.5) is 5.69 Å². The van der Waals surface area contributed by atoms with E-state index in [9.17, 15) is 14.9 Å². The van der Waals surface area contributed by atoms with Gasteiger partial charge in [-0.25, -0.2) is 4.99 Å². The van der Waals surface area contributed by atoms with Crippen molar-refractivity contribution in [3.8, 4) is 0 Å². The van der Waals surface area contributed by atoms with Gasteiger partial charge in [0.05, 0.1) is 16.7 Å². The van der Waals surface area contributed by atoms with Crippen LogP contribution >= 0.6 is 0 Å². The Labute approximate surface area is 172 Å². The predicted octanol–water partition coefficient (Wildman–Crippen LogP) is 4.26. The zero-order valence-corrected chi connectivity index (χ0v) is 15.8. The lowest BCUT2D eigenvalue weighted by atomic mass is 10.1. The first-order valence-corrected chi connectivity index (χ1v) is 9.16. The van der Waals surface area contributed by atoms with Crippen molar-refractivity contribution in [3.63, 3.8) is 0 Å². The van der Waals surface area contributed by atoms with Crippen molar-refractivity contribution in [1.29, 1.82) is 0 Å². The van der Waals surface area contributed by atoms with Gasteiger partial charge in [-0.2, -0.15) is 10.1 Å². The van der Waals surface area contributed by atoms with Crippen LogP contribution < -0.4 is 0 Å². The van der Waals surface area contributed by atoms with Gasteiger partial charge < -0.3 is 0 Å². The Morgan fingerprint density at radius 2 is 1.53 bits per heavy atom. The number of hydrogen-bond acceptors (Lipinski definition) is 5. The Kier molecular flexibility index (Phi) is 5.25. The molecule has 7 heteroatoms. The molecule has 1 aliphatic rings. The third-order valence-electron chi connectivity index (χ3n) is 4.42. The van der Waals surface area contributed by atoms with Crippen molar-refractivity contribution in [1.82, 2.24) is 5.01 Å². The summed E-state index contributed by atoms with van der Waals surface area (Å²) < 4.78 is 0. The van der Waals surface area contributed by atoms with Gasteiger partial charge in [-0.1, -0.05) is 72.8 Å². The van der Waals surface area contributed by atoms with Gasteiger partial charge in [0, 0.05) is 11.6 Å². The van der Waals surface area contributed by atoms with Crippen LogP contribution in [0, 0.1) is 10.1 Å². The van der Waals surface area contributed by atoms with Crippen LogP contribution in [0.25, 0.3) is 6.08 Å². The summed E-state index contributed by atoms with van der Waals surface area (Å²) in [5, 5.41) is 16.9. The van der Waals surface area contributed by atoms with Crippen molar-refractivity contribution in [3.05, 3.63) is 117 Å². The molecule has 0 spiro atoms. The number of nitrogens with zero attached hydrogens (tertiary/aromatic N) is 4. The number of carbonyl (C=O) groups excluding carboxylic acids is 1. The fourth-order valence-electron chi connectivity index (χ4n) is 2.98. The van der Waals surface area contributed by atoms with Crippen LogP contribution in [0.3, 0.4) is 0 Å². The average molecular weight is 396 g/mol. The molecular formula is C23H16N4O3. The van der Waals surface area contributed by atoms with E-state index in [-0.39, 0.29) is 11.4 Å².